The monoisotopic (exact) mass is 330 g/mol. The van der Waals surface area contributed by atoms with Crippen LogP contribution < -0.4 is 4.74 Å². The van der Waals surface area contributed by atoms with Crippen molar-refractivity contribution < 1.29 is 9.53 Å². The van der Waals surface area contributed by atoms with Crippen molar-refractivity contribution >= 4 is 16.9 Å². The summed E-state index contributed by atoms with van der Waals surface area (Å²) in [7, 11) is 1.67. The number of unbranched alkanes of at least 4 members (excludes halogenated alkanes) is 1. The van der Waals surface area contributed by atoms with Gasteiger partial charge in [-0.3, -0.25) is 9.69 Å². The molecular formula is C18H26N4O2. The molecule has 1 amide bonds. The Morgan fingerprint density at radius 3 is 2.79 bits per heavy atom. The third-order valence-corrected chi connectivity index (χ3v) is 4.58. The Morgan fingerprint density at radius 2 is 2.08 bits per heavy atom. The maximum Gasteiger partial charge on any atom is 0.222 e. The number of aromatic amines is 1. The van der Waals surface area contributed by atoms with E-state index in [1.165, 1.54) is 0 Å². The van der Waals surface area contributed by atoms with Gasteiger partial charge in [0.2, 0.25) is 5.91 Å². The van der Waals surface area contributed by atoms with E-state index in [0.717, 1.165) is 68.2 Å². The van der Waals surface area contributed by atoms with Crippen LogP contribution in [0.4, 0.5) is 0 Å². The smallest absolute Gasteiger partial charge is 0.222 e. The Hall–Kier alpha value is -2.08. The molecule has 2 aromatic rings. The highest BCUT2D eigenvalue weighted by molar-refractivity contribution is 5.77. The SMILES string of the molecule is CCCCC(=O)N1CCN(Cc2nc3ccc(OC)cc3[nH]2)CC1. The first kappa shape index (κ1) is 16.8. The summed E-state index contributed by atoms with van der Waals surface area (Å²) in [6.45, 7) is 6.34. The van der Waals surface area contributed by atoms with Crippen molar-refractivity contribution in [2.45, 2.75) is 32.7 Å². The van der Waals surface area contributed by atoms with Crippen molar-refractivity contribution in [1.29, 1.82) is 0 Å². The zero-order valence-electron chi connectivity index (χ0n) is 14.5. The van der Waals surface area contributed by atoms with E-state index in [2.05, 4.69) is 21.8 Å². The fourth-order valence-electron chi connectivity index (χ4n) is 3.10. The van der Waals surface area contributed by atoms with Crippen molar-refractivity contribution in [2.75, 3.05) is 33.3 Å². The van der Waals surface area contributed by atoms with Gasteiger partial charge in [0.1, 0.15) is 11.6 Å². The molecular weight excluding hydrogens is 304 g/mol. The lowest BCUT2D eigenvalue weighted by Crippen LogP contribution is -2.48. The third kappa shape index (κ3) is 3.87. The predicted molar refractivity (Wildman–Crippen MR) is 94.0 cm³/mol. The fourth-order valence-corrected chi connectivity index (χ4v) is 3.10. The van der Waals surface area contributed by atoms with Crippen LogP contribution in [-0.4, -0.2) is 59.0 Å². The minimum Gasteiger partial charge on any atom is -0.497 e. The van der Waals surface area contributed by atoms with Crippen LogP contribution in [-0.2, 0) is 11.3 Å². The number of carbonyl (C=O) groups excluding carboxylic acids is 1. The normalized spacial score (nSPS) is 15.8. The number of hydrogen-bond donors (Lipinski definition) is 1. The number of ether oxygens (including phenoxy) is 1. The summed E-state index contributed by atoms with van der Waals surface area (Å²) in [5.74, 6) is 2.09. The van der Waals surface area contributed by atoms with Crippen molar-refractivity contribution in [2.24, 2.45) is 0 Å². The van der Waals surface area contributed by atoms with Gasteiger partial charge in [0, 0.05) is 38.7 Å². The molecule has 1 aromatic heterocycles. The fraction of sp³-hybridized carbons (Fsp3) is 0.556. The van der Waals surface area contributed by atoms with Gasteiger partial charge >= 0.3 is 0 Å². The van der Waals surface area contributed by atoms with Crippen molar-refractivity contribution in [3.63, 3.8) is 0 Å². The number of nitrogens with one attached hydrogen (secondary N) is 1. The highest BCUT2D eigenvalue weighted by atomic mass is 16.5. The summed E-state index contributed by atoms with van der Waals surface area (Å²) in [5, 5.41) is 0. The van der Waals surface area contributed by atoms with Gasteiger partial charge in [0.05, 0.1) is 24.7 Å². The number of rotatable bonds is 6. The molecule has 6 heteroatoms. The molecule has 0 atom stereocenters. The van der Waals surface area contributed by atoms with Crippen LogP contribution in [0.2, 0.25) is 0 Å². The minimum absolute atomic E-state index is 0.298. The second-order valence-corrected chi connectivity index (χ2v) is 6.33. The maximum atomic E-state index is 12.1. The molecule has 1 aromatic carbocycles. The zero-order valence-corrected chi connectivity index (χ0v) is 14.5. The number of imidazole rings is 1. The van der Waals surface area contributed by atoms with Crippen LogP contribution in [0, 0.1) is 0 Å². The summed E-state index contributed by atoms with van der Waals surface area (Å²) in [6, 6.07) is 5.86. The van der Waals surface area contributed by atoms with Crippen molar-refractivity contribution in [3.05, 3.63) is 24.0 Å². The number of hydrogen-bond acceptors (Lipinski definition) is 4. The summed E-state index contributed by atoms with van der Waals surface area (Å²) in [4.78, 5) is 24.4. The molecule has 0 radical (unpaired) electrons. The van der Waals surface area contributed by atoms with Gasteiger partial charge in [-0.1, -0.05) is 13.3 Å². The van der Waals surface area contributed by atoms with Crippen LogP contribution in [0.25, 0.3) is 11.0 Å². The number of amides is 1. The first-order valence-electron chi connectivity index (χ1n) is 8.72. The number of aromatic nitrogens is 2. The molecule has 0 bridgehead atoms. The number of nitrogens with zero attached hydrogens (tertiary/aromatic N) is 3. The molecule has 1 N–H and O–H groups in total. The molecule has 0 saturated carbocycles. The van der Waals surface area contributed by atoms with E-state index in [1.54, 1.807) is 7.11 Å². The Kier molecular flexibility index (Phi) is 5.35. The molecule has 1 saturated heterocycles. The first-order chi connectivity index (χ1) is 11.7. The topological polar surface area (TPSA) is 61.5 Å². The van der Waals surface area contributed by atoms with Crippen LogP contribution in [0.1, 0.15) is 32.0 Å². The zero-order chi connectivity index (χ0) is 16.9. The molecule has 0 spiro atoms. The molecule has 1 fully saturated rings. The lowest BCUT2D eigenvalue weighted by molar-refractivity contribution is -0.133. The van der Waals surface area contributed by atoms with E-state index >= 15 is 0 Å². The van der Waals surface area contributed by atoms with Crippen molar-refractivity contribution in [1.82, 2.24) is 19.8 Å². The standard InChI is InChI=1S/C18H26N4O2/c1-3-4-5-18(23)22-10-8-21(9-11-22)13-17-19-15-7-6-14(24-2)12-16(15)20-17/h6-7,12H,3-5,8-11,13H2,1-2H3,(H,19,20). The highest BCUT2D eigenvalue weighted by Gasteiger charge is 2.21. The second kappa shape index (κ2) is 7.66. The quantitative estimate of drug-likeness (QED) is 0.883. The van der Waals surface area contributed by atoms with Crippen LogP contribution in [0.3, 0.4) is 0 Å². The number of H-pyrrole nitrogens is 1. The number of methoxy groups -OCH3 is 1. The van der Waals surface area contributed by atoms with Gasteiger partial charge in [-0.2, -0.15) is 0 Å². The largest absolute Gasteiger partial charge is 0.497 e. The van der Waals surface area contributed by atoms with Crippen LogP contribution >= 0.6 is 0 Å². The Labute approximate surface area is 142 Å². The molecule has 0 unspecified atom stereocenters. The second-order valence-electron chi connectivity index (χ2n) is 6.33. The molecule has 130 valence electrons. The number of piperazine rings is 1. The summed E-state index contributed by atoms with van der Waals surface area (Å²) < 4.78 is 5.25. The van der Waals surface area contributed by atoms with Gasteiger partial charge in [-0.25, -0.2) is 4.98 Å². The first-order valence-corrected chi connectivity index (χ1v) is 8.72. The van der Waals surface area contributed by atoms with Gasteiger partial charge in [-0.05, 0) is 18.6 Å². The Balaban J connectivity index is 1.55. The third-order valence-electron chi connectivity index (χ3n) is 4.58. The average molecular weight is 330 g/mol. The van der Waals surface area contributed by atoms with Crippen molar-refractivity contribution in [3.8, 4) is 5.75 Å². The molecule has 0 aliphatic carbocycles. The lowest BCUT2D eigenvalue weighted by atomic mass is 10.2. The van der Waals surface area contributed by atoms with E-state index in [1.807, 2.05) is 23.1 Å². The summed E-state index contributed by atoms with van der Waals surface area (Å²) in [6.07, 6.45) is 2.74. The van der Waals surface area contributed by atoms with Gasteiger partial charge in [0.15, 0.2) is 0 Å². The van der Waals surface area contributed by atoms with Crippen LogP contribution in [0.15, 0.2) is 18.2 Å². The summed E-state index contributed by atoms with van der Waals surface area (Å²) >= 11 is 0. The van der Waals surface area contributed by atoms with Gasteiger partial charge in [0.25, 0.3) is 0 Å². The molecule has 6 nitrogen and oxygen atoms in total. The van der Waals surface area contributed by atoms with Crippen LogP contribution in [0.5, 0.6) is 5.75 Å². The highest BCUT2D eigenvalue weighted by Crippen LogP contribution is 2.19. The van der Waals surface area contributed by atoms with E-state index in [-0.39, 0.29) is 0 Å². The van der Waals surface area contributed by atoms with Gasteiger partial charge in [-0.15, -0.1) is 0 Å². The number of carbonyl (C=O) groups is 1. The molecule has 1 aliphatic rings. The van der Waals surface area contributed by atoms with E-state index < -0.39 is 0 Å². The Morgan fingerprint density at radius 1 is 1.29 bits per heavy atom. The molecule has 3 rings (SSSR count). The number of fused-ring (bicyclic) bond motifs is 1. The maximum absolute atomic E-state index is 12.1. The minimum atomic E-state index is 0.298. The average Bonchev–Trinajstić information content (AvgIpc) is 3.01. The van der Waals surface area contributed by atoms with E-state index in [9.17, 15) is 4.79 Å². The molecule has 1 aliphatic heterocycles. The lowest BCUT2D eigenvalue weighted by Gasteiger charge is -2.34. The molecule has 2 heterocycles. The Bertz CT molecular complexity index is 689. The number of benzene rings is 1. The molecule has 24 heavy (non-hydrogen) atoms. The van der Waals surface area contributed by atoms with Gasteiger partial charge < -0.3 is 14.6 Å². The van der Waals surface area contributed by atoms with E-state index in [4.69, 9.17) is 4.74 Å². The predicted octanol–water partition coefficient (Wildman–Crippen LogP) is 2.41. The summed E-state index contributed by atoms with van der Waals surface area (Å²) in [5.41, 5.74) is 1.96. The van der Waals surface area contributed by atoms with E-state index in [0.29, 0.717) is 12.3 Å².